The molecule has 1 aromatic heterocycles. The number of carbonyl (C=O) groups is 4. The lowest BCUT2D eigenvalue weighted by atomic mass is 10.0. The largest absolute Gasteiger partial charge is 0.490 e. The van der Waals surface area contributed by atoms with Crippen LogP contribution in [0.3, 0.4) is 0 Å². The van der Waals surface area contributed by atoms with Crippen LogP contribution < -0.4 is 16.0 Å². The molecule has 0 spiro atoms. The van der Waals surface area contributed by atoms with Crippen molar-refractivity contribution in [2.24, 2.45) is 0 Å². The third-order valence-electron chi connectivity index (χ3n) is 5.81. The van der Waals surface area contributed by atoms with E-state index in [2.05, 4.69) is 10.3 Å². The molecule has 39 heavy (non-hydrogen) atoms. The minimum absolute atomic E-state index is 0.195. The molecule has 3 aromatic rings. The first kappa shape index (κ1) is 28.8. The second kappa shape index (κ2) is 11.8. The van der Waals surface area contributed by atoms with E-state index in [4.69, 9.17) is 15.6 Å². The van der Waals surface area contributed by atoms with E-state index in [1.165, 1.54) is 4.90 Å². The highest BCUT2D eigenvalue weighted by molar-refractivity contribution is 6.06. The topological polar surface area (TPSA) is 166 Å². The third-order valence-corrected chi connectivity index (χ3v) is 5.81. The molecule has 0 bridgehead atoms. The summed E-state index contributed by atoms with van der Waals surface area (Å²) in [5.74, 6) is -3.70. The minimum atomic E-state index is -5.08. The smallest absolute Gasteiger partial charge is 0.475 e. The molecule has 5 N–H and O–H groups in total. The van der Waals surface area contributed by atoms with Crippen LogP contribution in [0.4, 0.5) is 30.4 Å². The molecule has 2 atom stereocenters. The fraction of sp³-hybridized carbons (Fsp3) is 0.240. The van der Waals surface area contributed by atoms with Crippen LogP contribution in [0.15, 0.2) is 54.7 Å². The monoisotopic (exact) mass is 547 g/mol. The van der Waals surface area contributed by atoms with Crippen molar-refractivity contribution in [3.63, 3.8) is 0 Å². The van der Waals surface area contributed by atoms with Crippen molar-refractivity contribution in [2.45, 2.75) is 25.2 Å². The van der Waals surface area contributed by atoms with Gasteiger partial charge in [-0.15, -0.1) is 0 Å². The van der Waals surface area contributed by atoms with Crippen molar-refractivity contribution in [3.05, 3.63) is 60.3 Å². The van der Waals surface area contributed by atoms with E-state index in [9.17, 15) is 32.7 Å². The van der Waals surface area contributed by atoms with Crippen molar-refractivity contribution < 1.29 is 42.6 Å². The van der Waals surface area contributed by atoms with E-state index in [1.54, 1.807) is 42.6 Å². The number of carboxylic acids is 1. The van der Waals surface area contributed by atoms with Crippen LogP contribution in [0.1, 0.15) is 5.56 Å². The fourth-order valence-corrected chi connectivity index (χ4v) is 3.82. The molecule has 11 nitrogen and oxygen atoms in total. The normalized spacial score (nSPS) is 16.2. The van der Waals surface area contributed by atoms with Crippen molar-refractivity contribution in [3.8, 4) is 0 Å². The summed E-state index contributed by atoms with van der Waals surface area (Å²) in [5.41, 5.74) is 7.95. The first-order valence-electron chi connectivity index (χ1n) is 11.4. The number of anilines is 3. The molecule has 0 saturated carbocycles. The summed E-state index contributed by atoms with van der Waals surface area (Å²) < 4.78 is 31.7. The quantitative estimate of drug-likeness (QED) is 0.352. The van der Waals surface area contributed by atoms with Gasteiger partial charge < -0.3 is 31.1 Å². The molecule has 0 aliphatic carbocycles. The van der Waals surface area contributed by atoms with Gasteiger partial charge in [0.2, 0.25) is 6.41 Å². The number of nitrogens with two attached hydrogens (primary N) is 1. The Balaban J connectivity index is 0.000000532. The lowest BCUT2D eigenvalue weighted by Crippen LogP contribution is -2.63. The van der Waals surface area contributed by atoms with E-state index in [1.807, 2.05) is 19.1 Å². The van der Waals surface area contributed by atoms with Gasteiger partial charge >= 0.3 is 12.1 Å². The number of carbonyl (C=O) groups excluding carboxylic acids is 3. The van der Waals surface area contributed by atoms with Gasteiger partial charge in [-0.1, -0.05) is 17.7 Å². The van der Waals surface area contributed by atoms with Gasteiger partial charge in [0.15, 0.2) is 6.10 Å². The number of aliphatic hydroxyl groups is 1. The van der Waals surface area contributed by atoms with Crippen molar-refractivity contribution in [2.75, 3.05) is 29.0 Å². The number of aryl methyl sites for hydroxylation is 1. The van der Waals surface area contributed by atoms with Gasteiger partial charge in [0.1, 0.15) is 11.9 Å². The number of amides is 3. The maximum atomic E-state index is 13.2. The van der Waals surface area contributed by atoms with Crippen molar-refractivity contribution in [1.29, 1.82) is 0 Å². The number of halogens is 3. The highest BCUT2D eigenvalue weighted by Crippen LogP contribution is 2.25. The Labute approximate surface area is 219 Å². The van der Waals surface area contributed by atoms with Gasteiger partial charge in [0.25, 0.3) is 11.8 Å². The molecule has 3 amide bonds. The van der Waals surface area contributed by atoms with Gasteiger partial charge in [-0.05, 0) is 48.7 Å². The lowest BCUT2D eigenvalue weighted by molar-refractivity contribution is -0.192. The van der Waals surface area contributed by atoms with Crippen LogP contribution in [-0.4, -0.2) is 75.7 Å². The number of aliphatic carboxylic acids is 1. The minimum Gasteiger partial charge on any atom is -0.475 e. The van der Waals surface area contributed by atoms with E-state index >= 15 is 0 Å². The molecule has 1 fully saturated rings. The third kappa shape index (κ3) is 6.78. The molecule has 2 unspecified atom stereocenters. The molecule has 1 aliphatic rings. The van der Waals surface area contributed by atoms with Crippen molar-refractivity contribution >= 4 is 52.2 Å². The second-order valence-corrected chi connectivity index (χ2v) is 8.48. The predicted octanol–water partition coefficient (Wildman–Crippen LogP) is 1.93. The van der Waals surface area contributed by atoms with Gasteiger partial charge in [0.05, 0.1) is 0 Å². The first-order chi connectivity index (χ1) is 18.3. The molecule has 2 aromatic carbocycles. The van der Waals surface area contributed by atoms with Crippen LogP contribution >= 0.6 is 0 Å². The molecule has 2 heterocycles. The van der Waals surface area contributed by atoms with Gasteiger partial charge in [-0.25, -0.2) is 9.78 Å². The SMILES string of the molecule is Cc1ccc(N2CCN(C=O)C(C(O)C(=O)Nc3ccc4c(N)nccc4c3)C2=O)cc1.O=C(O)C(F)(F)F. The number of piperazine rings is 1. The maximum absolute atomic E-state index is 13.2. The zero-order valence-corrected chi connectivity index (χ0v) is 20.4. The summed E-state index contributed by atoms with van der Waals surface area (Å²) in [6, 6.07) is 12.8. The highest BCUT2D eigenvalue weighted by atomic mass is 19.4. The Morgan fingerprint density at radius 3 is 2.38 bits per heavy atom. The summed E-state index contributed by atoms with van der Waals surface area (Å²) in [6.45, 7) is 2.40. The molecule has 4 rings (SSSR count). The lowest BCUT2D eigenvalue weighted by Gasteiger charge is -2.40. The number of nitrogens with zero attached hydrogens (tertiary/aromatic N) is 3. The Morgan fingerprint density at radius 1 is 1.15 bits per heavy atom. The van der Waals surface area contributed by atoms with Gasteiger partial charge in [-0.2, -0.15) is 13.2 Å². The number of aliphatic hydroxyl groups excluding tert-OH is 1. The Bertz CT molecular complexity index is 1380. The molecule has 1 aliphatic heterocycles. The summed E-state index contributed by atoms with van der Waals surface area (Å²) in [4.78, 5) is 53.1. The first-order valence-corrected chi connectivity index (χ1v) is 11.4. The number of rotatable bonds is 5. The van der Waals surface area contributed by atoms with Crippen molar-refractivity contribution in [1.82, 2.24) is 9.88 Å². The molecule has 1 saturated heterocycles. The number of hydrogen-bond donors (Lipinski definition) is 4. The number of pyridine rings is 1. The number of benzene rings is 2. The summed E-state index contributed by atoms with van der Waals surface area (Å²) in [5, 5.41) is 22.0. The molecule has 0 radical (unpaired) electrons. The maximum Gasteiger partial charge on any atom is 0.490 e. The average molecular weight is 547 g/mol. The zero-order valence-electron chi connectivity index (χ0n) is 20.4. The number of aromatic nitrogens is 1. The molecular formula is C25H24F3N5O6. The summed E-state index contributed by atoms with van der Waals surface area (Å²) >= 11 is 0. The van der Waals surface area contributed by atoms with Gasteiger partial charge in [-0.3, -0.25) is 14.4 Å². The summed E-state index contributed by atoms with van der Waals surface area (Å²) in [6.07, 6.45) is -4.79. The molecular weight excluding hydrogens is 523 g/mol. The standard InChI is InChI=1S/C23H23N5O4.C2HF3O2/c1-14-2-5-17(6-3-14)28-11-10-27(13-29)19(23(28)32)20(30)22(31)26-16-4-7-18-15(12-16)8-9-25-21(18)24;3-2(4,5)1(6)7/h2-9,12-13,19-20,30H,10-11H2,1H3,(H2,24,25)(H,26,31);(H,6,7). The van der Waals surface area contributed by atoms with Crippen LogP contribution in [0, 0.1) is 6.92 Å². The molecule has 14 heteroatoms. The van der Waals surface area contributed by atoms with Crippen LogP contribution in [-0.2, 0) is 19.2 Å². The molecule has 206 valence electrons. The number of hydrogen-bond acceptors (Lipinski definition) is 7. The predicted molar refractivity (Wildman–Crippen MR) is 135 cm³/mol. The fourth-order valence-electron chi connectivity index (χ4n) is 3.82. The van der Waals surface area contributed by atoms with E-state index in [-0.39, 0.29) is 13.1 Å². The number of alkyl halides is 3. The Morgan fingerprint density at radius 2 is 1.79 bits per heavy atom. The average Bonchev–Trinajstić information content (AvgIpc) is 2.88. The Kier molecular flexibility index (Phi) is 8.71. The van der Waals surface area contributed by atoms with Crippen LogP contribution in [0.2, 0.25) is 0 Å². The Hall–Kier alpha value is -4.72. The highest BCUT2D eigenvalue weighted by Gasteiger charge is 2.42. The second-order valence-electron chi connectivity index (χ2n) is 8.48. The number of carboxylic acid groups (broad SMARTS) is 1. The number of nitrogens with one attached hydrogen (secondary N) is 1. The number of nitrogen functional groups attached to an aromatic ring is 1. The van der Waals surface area contributed by atoms with E-state index in [0.29, 0.717) is 23.6 Å². The zero-order chi connectivity index (χ0) is 28.9. The van der Waals surface area contributed by atoms with E-state index in [0.717, 1.165) is 21.2 Å². The summed E-state index contributed by atoms with van der Waals surface area (Å²) in [7, 11) is 0. The van der Waals surface area contributed by atoms with E-state index < -0.39 is 36.1 Å². The van der Waals surface area contributed by atoms with Crippen LogP contribution in [0.25, 0.3) is 10.8 Å². The van der Waals surface area contributed by atoms with Crippen LogP contribution in [0.5, 0.6) is 0 Å². The number of fused-ring (bicyclic) bond motifs is 1. The van der Waals surface area contributed by atoms with Gasteiger partial charge in [0, 0.05) is 36.0 Å².